The number of pyridine rings is 1. The lowest BCUT2D eigenvalue weighted by atomic mass is 9.92. The second-order valence-corrected chi connectivity index (χ2v) is 7.42. The Balaban J connectivity index is 1.62. The van der Waals surface area contributed by atoms with Crippen LogP contribution in [0.1, 0.15) is 21.7 Å². The molecule has 7 nitrogen and oxygen atoms in total. The van der Waals surface area contributed by atoms with Crippen LogP contribution in [0, 0.1) is 11.6 Å². The van der Waals surface area contributed by atoms with E-state index < -0.39 is 17.5 Å². The molecule has 3 heterocycles. The summed E-state index contributed by atoms with van der Waals surface area (Å²) < 4.78 is 33.1. The topological polar surface area (TPSA) is 88.8 Å². The summed E-state index contributed by atoms with van der Waals surface area (Å²) in [6.07, 6.45) is 0.518. The molecule has 9 heteroatoms. The Kier molecular flexibility index (Phi) is 5.74. The van der Waals surface area contributed by atoms with Gasteiger partial charge in [0.05, 0.1) is 25.5 Å². The lowest BCUT2D eigenvalue weighted by Gasteiger charge is -2.32. The second-order valence-electron chi connectivity index (χ2n) is 7.42. The monoisotopic (exact) mass is 416 g/mol. The Morgan fingerprint density at radius 1 is 1.10 bits per heavy atom. The number of nitrogens with zero attached hydrogens (tertiary/aromatic N) is 3. The van der Waals surface area contributed by atoms with Crippen molar-refractivity contribution >= 4 is 11.8 Å². The van der Waals surface area contributed by atoms with Crippen molar-refractivity contribution in [2.75, 3.05) is 39.4 Å². The second kappa shape index (κ2) is 8.45. The first-order valence-electron chi connectivity index (χ1n) is 9.78. The predicted molar refractivity (Wildman–Crippen MR) is 104 cm³/mol. The van der Waals surface area contributed by atoms with Crippen LogP contribution in [0.3, 0.4) is 0 Å². The number of carbonyl (C=O) groups excluding carboxylic acids is 2. The minimum Gasteiger partial charge on any atom is -0.378 e. The van der Waals surface area contributed by atoms with Gasteiger partial charge in [0.15, 0.2) is 0 Å². The summed E-state index contributed by atoms with van der Waals surface area (Å²) in [6.45, 7) is 3.35. The number of halogens is 2. The van der Waals surface area contributed by atoms with Crippen molar-refractivity contribution in [3.63, 3.8) is 0 Å². The van der Waals surface area contributed by atoms with Gasteiger partial charge in [-0.2, -0.15) is 0 Å². The molecule has 0 spiro atoms. The Morgan fingerprint density at radius 3 is 2.57 bits per heavy atom. The number of primary amides is 1. The number of rotatable bonds is 4. The zero-order valence-corrected chi connectivity index (χ0v) is 16.4. The summed E-state index contributed by atoms with van der Waals surface area (Å²) in [6, 6.07) is 4.78. The summed E-state index contributed by atoms with van der Waals surface area (Å²) in [4.78, 5) is 32.4. The third-order valence-corrected chi connectivity index (χ3v) is 5.46. The molecule has 1 saturated heterocycles. The van der Waals surface area contributed by atoms with E-state index in [2.05, 4.69) is 4.98 Å². The van der Waals surface area contributed by atoms with E-state index in [1.165, 1.54) is 18.2 Å². The van der Waals surface area contributed by atoms with Gasteiger partial charge in [-0.1, -0.05) is 0 Å². The molecule has 0 saturated carbocycles. The normalized spacial score (nSPS) is 16.9. The van der Waals surface area contributed by atoms with E-state index in [1.54, 1.807) is 4.90 Å². The number of carbonyl (C=O) groups is 2. The number of aromatic nitrogens is 1. The van der Waals surface area contributed by atoms with Crippen LogP contribution in [0.2, 0.25) is 0 Å². The standard InChI is InChI=1S/C21H22F2N4O3/c22-13-1-2-14(17(23)9-13)16-10-18(21(24)29)25-19-11-26(4-3-15(16)19)12-20(28)27-5-7-30-8-6-27/h1-2,9-10H,3-8,11-12H2,(H2,24,29). The molecule has 0 bridgehead atoms. The van der Waals surface area contributed by atoms with E-state index in [0.717, 1.165) is 11.6 Å². The van der Waals surface area contributed by atoms with E-state index in [9.17, 15) is 18.4 Å². The SMILES string of the molecule is NC(=O)c1cc(-c2ccc(F)cc2F)c2c(n1)CN(CC(=O)N1CCOCC1)CC2. The summed E-state index contributed by atoms with van der Waals surface area (Å²) in [5.74, 6) is -2.12. The van der Waals surface area contributed by atoms with Gasteiger partial charge in [0.2, 0.25) is 5.91 Å². The minimum atomic E-state index is -0.733. The van der Waals surface area contributed by atoms with E-state index >= 15 is 0 Å². The van der Waals surface area contributed by atoms with Gasteiger partial charge in [0.25, 0.3) is 5.91 Å². The average Bonchev–Trinajstić information content (AvgIpc) is 2.73. The number of benzene rings is 1. The molecule has 0 radical (unpaired) electrons. The molecule has 2 N–H and O–H groups in total. The first-order chi connectivity index (χ1) is 14.4. The highest BCUT2D eigenvalue weighted by Gasteiger charge is 2.27. The highest BCUT2D eigenvalue weighted by Crippen LogP contribution is 2.32. The number of ether oxygens (including phenoxy) is 1. The summed E-state index contributed by atoms with van der Waals surface area (Å²) in [5, 5.41) is 0. The van der Waals surface area contributed by atoms with Gasteiger partial charge in [0, 0.05) is 37.8 Å². The smallest absolute Gasteiger partial charge is 0.267 e. The highest BCUT2D eigenvalue weighted by molar-refractivity contribution is 5.92. The van der Waals surface area contributed by atoms with Gasteiger partial charge in [-0.05, 0) is 35.7 Å². The van der Waals surface area contributed by atoms with Crippen molar-refractivity contribution in [1.29, 1.82) is 0 Å². The molecule has 158 valence electrons. The van der Waals surface area contributed by atoms with Gasteiger partial charge >= 0.3 is 0 Å². The first kappa shape index (κ1) is 20.4. The number of hydrogen-bond acceptors (Lipinski definition) is 5. The predicted octanol–water partition coefficient (Wildman–Crippen LogP) is 1.34. The van der Waals surface area contributed by atoms with Gasteiger partial charge < -0.3 is 15.4 Å². The summed E-state index contributed by atoms with van der Waals surface area (Å²) >= 11 is 0. The van der Waals surface area contributed by atoms with Crippen molar-refractivity contribution in [3.05, 3.63) is 52.9 Å². The zero-order valence-electron chi connectivity index (χ0n) is 16.4. The molecular weight excluding hydrogens is 394 g/mol. The lowest BCUT2D eigenvalue weighted by molar-refractivity contribution is -0.136. The van der Waals surface area contributed by atoms with E-state index in [0.29, 0.717) is 57.1 Å². The van der Waals surface area contributed by atoms with Crippen LogP contribution in [0.15, 0.2) is 24.3 Å². The lowest BCUT2D eigenvalue weighted by Crippen LogP contribution is -2.46. The van der Waals surface area contributed by atoms with Gasteiger partial charge in [-0.25, -0.2) is 13.8 Å². The molecule has 1 aromatic heterocycles. The fourth-order valence-corrected chi connectivity index (χ4v) is 3.91. The van der Waals surface area contributed by atoms with Crippen LogP contribution in [-0.2, 0) is 22.5 Å². The molecule has 1 aromatic carbocycles. The molecule has 1 fully saturated rings. The van der Waals surface area contributed by atoms with Crippen LogP contribution >= 0.6 is 0 Å². The third kappa shape index (κ3) is 4.17. The van der Waals surface area contributed by atoms with Crippen LogP contribution in [0.4, 0.5) is 8.78 Å². The zero-order chi connectivity index (χ0) is 21.3. The molecule has 2 aliphatic rings. The van der Waals surface area contributed by atoms with Crippen molar-refractivity contribution < 1.29 is 23.1 Å². The Bertz CT molecular complexity index is 992. The van der Waals surface area contributed by atoms with Crippen LogP contribution in [-0.4, -0.2) is 66.0 Å². The molecule has 0 atom stereocenters. The highest BCUT2D eigenvalue weighted by atomic mass is 19.1. The van der Waals surface area contributed by atoms with Crippen molar-refractivity contribution in [3.8, 4) is 11.1 Å². The molecule has 2 aromatic rings. The quantitative estimate of drug-likeness (QED) is 0.813. The van der Waals surface area contributed by atoms with Crippen LogP contribution in [0.25, 0.3) is 11.1 Å². The minimum absolute atomic E-state index is 0.00818. The Labute approximate surface area is 172 Å². The van der Waals surface area contributed by atoms with Crippen LogP contribution < -0.4 is 5.73 Å². The molecule has 2 aliphatic heterocycles. The van der Waals surface area contributed by atoms with Gasteiger partial charge in [-0.15, -0.1) is 0 Å². The largest absolute Gasteiger partial charge is 0.378 e. The van der Waals surface area contributed by atoms with E-state index in [4.69, 9.17) is 10.5 Å². The first-order valence-corrected chi connectivity index (χ1v) is 9.78. The molecule has 2 amide bonds. The average molecular weight is 416 g/mol. The molecule has 4 rings (SSSR count). The van der Waals surface area contributed by atoms with E-state index in [1.807, 2.05) is 4.90 Å². The third-order valence-electron chi connectivity index (χ3n) is 5.46. The fraction of sp³-hybridized carbons (Fsp3) is 0.381. The van der Waals surface area contributed by atoms with Crippen LogP contribution in [0.5, 0.6) is 0 Å². The maximum absolute atomic E-state index is 14.4. The fourth-order valence-electron chi connectivity index (χ4n) is 3.91. The maximum Gasteiger partial charge on any atom is 0.267 e. The van der Waals surface area contributed by atoms with E-state index in [-0.39, 0.29) is 23.7 Å². The Morgan fingerprint density at radius 2 is 1.87 bits per heavy atom. The summed E-state index contributed by atoms with van der Waals surface area (Å²) in [5.41, 5.74) is 7.46. The van der Waals surface area contributed by atoms with Crippen molar-refractivity contribution in [2.24, 2.45) is 5.73 Å². The molecule has 0 aliphatic carbocycles. The van der Waals surface area contributed by atoms with Gasteiger partial charge in [0.1, 0.15) is 17.3 Å². The van der Waals surface area contributed by atoms with Crippen molar-refractivity contribution in [1.82, 2.24) is 14.8 Å². The molecular formula is C21H22F2N4O3. The number of hydrogen-bond donors (Lipinski definition) is 1. The number of morpholine rings is 1. The number of nitrogens with two attached hydrogens (primary N) is 1. The molecule has 0 unspecified atom stereocenters. The van der Waals surface area contributed by atoms with Crippen molar-refractivity contribution in [2.45, 2.75) is 13.0 Å². The Hall–Kier alpha value is -2.91. The molecule has 30 heavy (non-hydrogen) atoms. The number of amides is 2. The maximum atomic E-state index is 14.4. The summed E-state index contributed by atoms with van der Waals surface area (Å²) in [7, 11) is 0. The van der Waals surface area contributed by atoms with Gasteiger partial charge in [-0.3, -0.25) is 14.5 Å². The number of fused-ring (bicyclic) bond motifs is 1.